The van der Waals surface area contributed by atoms with Crippen LogP contribution >= 0.6 is 0 Å². The topological polar surface area (TPSA) is 12.9 Å². The number of hydrogen-bond acceptors (Lipinski definition) is 1. The highest BCUT2D eigenvalue weighted by molar-refractivity contribution is 7.20. The summed E-state index contributed by atoms with van der Waals surface area (Å²) in [5.74, 6) is -0.318. The van der Waals surface area contributed by atoms with E-state index in [4.69, 9.17) is 4.98 Å². The summed E-state index contributed by atoms with van der Waals surface area (Å²) in [7, 11) is -5.60. The fourth-order valence-corrected chi connectivity index (χ4v) is 18.3. The molecule has 8 aromatic carbocycles. The van der Waals surface area contributed by atoms with Gasteiger partial charge in [0, 0.05) is 23.3 Å². The summed E-state index contributed by atoms with van der Waals surface area (Å²) >= 11 is 0. The van der Waals surface area contributed by atoms with Crippen LogP contribution in [-0.4, -0.2) is 21.1 Å². The van der Waals surface area contributed by atoms with E-state index in [0.29, 0.717) is 11.4 Å². The second kappa shape index (κ2) is 15.8. The van der Waals surface area contributed by atoms with Gasteiger partial charge in [0.05, 0.1) is 11.4 Å². The quantitative estimate of drug-likeness (QED) is 0.105. The Labute approximate surface area is 336 Å². The monoisotopic (exact) mass is 765 g/mol. The molecule has 0 saturated carbocycles. The molecule has 0 aliphatic carbocycles. The average molecular weight is 766 g/mol. The number of rotatable bonds is 10. The molecule has 0 unspecified atom stereocenters. The number of nitrogens with zero attached hydrogens (tertiary/aromatic N) is 1. The lowest BCUT2D eigenvalue weighted by Gasteiger charge is -2.34. The van der Waals surface area contributed by atoms with Crippen molar-refractivity contribution in [3.05, 3.63) is 248 Å². The van der Waals surface area contributed by atoms with Gasteiger partial charge in [0.2, 0.25) is 0 Å². The molecular weight excluding hydrogens is 726 g/mol. The summed E-state index contributed by atoms with van der Waals surface area (Å²) in [4.78, 5) is 5.25. The molecule has 0 N–H and O–H groups in total. The van der Waals surface area contributed by atoms with Gasteiger partial charge in [-0.2, -0.15) is 0 Å². The average Bonchev–Trinajstić information content (AvgIpc) is 3.29. The Morgan fingerprint density at radius 1 is 0.263 bits per heavy atom. The third kappa shape index (κ3) is 6.59. The van der Waals surface area contributed by atoms with E-state index in [1.54, 1.807) is 12.1 Å². The molecule has 0 spiro atoms. The lowest BCUT2D eigenvalue weighted by atomic mass is 10.1. The third-order valence-electron chi connectivity index (χ3n) is 11.2. The van der Waals surface area contributed by atoms with Gasteiger partial charge in [0.1, 0.15) is 5.82 Å². The SMILES string of the molecule is Fc1cc(-c2cccc([Si](c3ccccc3)(c3ccccc3)c3ccccc3)c2)nc(-c2cccc([Si](c3ccccc3)(c3ccccc3)c3ccccc3)c2)c1. The molecule has 9 aromatic rings. The Kier molecular flexibility index (Phi) is 9.96. The van der Waals surface area contributed by atoms with Crippen molar-refractivity contribution in [1.82, 2.24) is 4.98 Å². The van der Waals surface area contributed by atoms with Crippen molar-refractivity contribution in [2.75, 3.05) is 0 Å². The summed E-state index contributed by atoms with van der Waals surface area (Å²) in [6, 6.07) is 85.6. The summed E-state index contributed by atoms with van der Waals surface area (Å²) in [6.07, 6.45) is 0. The van der Waals surface area contributed by atoms with Gasteiger partial charge in [-0.15, -0.1) is 0 Å². The highest BCUT2D eigenvalue weighted by Crippen LogP contribution is 2.25. The lowest BCUT2D eigenvalue weighted by Crippen LogP contribution is -2.74. The van der Waals surface area contributed by atoms with E-state index in [2.05, 4.69) is 231 Å². The van der Waals surface area contributed by atoms with E-state index < -0.39 is 16.1 Å². The zero-order valence-electron chi connectivity index (χ0n) is 31.4. The molecule has 0 fully saturated rings. The Morgan fingerprint density at radius 3 is 0.772 bits per heavy atom. The smallest absolute Gasteiger partial charge is 0.179 e. The minimum Gasteiger partial charge on any atom is -0.248 e. The van der Waals surface area contributed by atoms with E-state index >= 15 is 4.39 Å². The van der Waals surface area contributed by atoms with Crippen LogP contribution in [0.15, 0.2) is 243 Å². The lowest BCUT2D eigenvalue weighted by molar-refractivity contribution is 0.627. The number of halogens is 1. The predicted molar refractivity (Wildman–Crippen MR) is 242 cm³/mol. The first-order valence-electron chi connectivity index (χ1n) is 19.4. The van der Waals surface area contributed by atoms with Crippen LogP contribution in [0.25, 0.3) is 22.5 Å². The van der Waals surface area contributed by atoms with Gasteiger partial charge in [-0.25, -0.2) is 9.37 Å². The molecule has 0 atom stereocenters. The van der Waals surface area contributed by atoms with Crippen LogP contribution < -0.4 is 41.5 Å². The summed E-state index contributed by atoms with van der Waals surface area (Å²) in [6.45, 7) is 0. The van der Waals surface area contributed by atoms with Gasteiger partial charge in [0.15, 0.2) is 16.1 Å². The molecule has 1 aromatic heterocycles. The highest BCUT2D eigenvalue weighted by Gasteiger charge is 2.42. The van der Waals surface area contributed by atoms with E-state index in [1.165, 1.54) is 41.5 Å². The van der Waals surface area contributed by atoms with Gasteiger partial charge in [-0.05, 0) is 41.5 Å². The van der Waals surface area contributed by atoms with Gasteiger partial charge < -0.3 is 0 Å². The Morgan fingerprint density at radius 2 is 0.509 bits per heavy atom. The van der Waals surface area contributed by atoms with Crippen molar-refractivity contribution in [2.24, 2.45) is 0 Å². The summed E-state index contributed by atoms with van der Waals surface area (Å²) < 4.78 is 16.0. The van der Waals surface area contributed by atoms with Crippen molar-refractivity contribution in [2.45, 2.75) is 0 Å². The van der Waals surface area contributed by atoms with Crippen molar-refractivity contribution in [1.29, 1.82) is 0 Å². The van der Waals surface area contributed by atoms with Crippen molar-refractivity contribution < 1.29 is 4.39 Å². The predicted octanol–water partition coefficient (Wildman–Crippen LogP) is 7.31. The molecule has 272 valence electrons. The minimum absolute atomic E-state index is 0.318. The molecule has 57 heavy (non-hydrogen) atoms. The number of aromatic nitrogens is 1. The molecule has 0 radical (unpaired) electrons. The molecule has 0 amide bonds. The second-order valence-corrected chi connectivity index (χ2v) is 22.0. The van der Waals surface area contributed by atoms with E-state index in [0.717, 1.165) is 11.1 Å². The Hall–Kier alpha value is -6.73. The molecule has 0 saturated heterocycles. The van der Waals surface area contributed by atoms with Crippen molar-refractivity contribution in [3.63, 3.8) is 0 Å². The van der Waals surface area contributed by atoms with Crippen molar-refractivity contribution in [3.8, 4) is 22.5 Å². The van der Waals surface area contributed by atoms with Crippen LogP contribution in [0.2, 0.25) is 0 Å². The molecule has 1 nitrogen and oxygen atoms in total. The van der Waals surface area contributed by atoms with Crippen LogP contribution in [0.3, 0.4) is 0 Å². The summed E-state index contributed by atoms with van der Waals surface area (Å²) in [5.41, 5.74) is 2.97. The maximum Gasteiger partial charge on any atom is 0.179 e. The molecule has 0 aliphatic rings. The number of hydrogen-bond donors (Lipinski definition) is 0. The molecular formula is C53H40FNSi2. The molecule has 4 heteroatoms. The van der Waals surface area contributed by atoms with E-state index in [-0.39, 0.29) is 5.82 Å². The van der Waals surface area contributed by atoms with E-state index in [9.17, 15) is 0 Å². The largest absolute Gasteiger partial charge is 0.248 e. The molecule has 9 rings (SSSR count). The maximum absolute atomic E-state index is 16.0. The first kappa shape index (κ1) is 35.9. The van der Waals surface area contributed by atoms with Gasteiger partial charge in [-0.3, -0.25) is 0 Å². The van der Waals surface area contributed by atoms with Crippen LogP contribution in [-0.2, 0) is 0 Å². The Bertz CT molecular complexity index is 2350. The molecule has 0 aliphatic heterocycles. The summed E-state index contributed by atoms with van der Waals surface area (Å²) in [5, 5.41) is 10.1. The highest BCUT2D eigenvalue weighted by atomic mass is 28.3. The molecule has 1 heterocycles. The standard InChI is InChI=1S/C53H40FNSi2/c54-43-39-52(41-21-19-35-50(37-41)56(44-23-7-1-8-24-44,45-25-9-2-10-26-45)46-27-11-3-12-28-46)55-53(40-43)42-22-20-36-51(38-42)57(47-29-13-4-14-30-47,48-31-15-5-16-32-48)49-33-17-6-18-34-49/h1-40H. The zero-order valence-corrected chi connectivity index (χ0v) is 33.4. The fraction of sp³-hybridized carbons (Fsp3) is 0. The first-order chi connectivity index (χ1) is 28.2. The minimum atomic E-state index is -2.80. The first-order valence-corrected chi connectivity index (χ1v) is 23.4. The zero-order chi connectivity index (χ0) is 38.5. The van der Waals surface area contributed by atoms with E-state index in [1.807, 2.05) is 0 Å². The van der Waals surface area contributed by atoms with Gasteiger partial charge in [-0.1, -0.05) is 231 Å². The van der Waals surface area contributed by atoms with Gasteiger partial charge >= 0.3 is 0 Å². The Balaban J connectivity index is 1.22. The van der Waals surface area contributed by atoms with Crippen LogP contribution in [0.4, 0.5) is 4.39 Å². The maximum atomic E-state index is 16.0. The molecule has 0 bridgehead atoms. The van der Waals surface area contributed by atoms with Crippen molar-refractivity contribution >= 4 is 57.6 Å². The van der Waals surface area contributed by atoms with Crippen LogP contribution in [0.1, 0.15) is 0 Å². The third-order valence-corrected chi connectivity index (χ3v) is 20.8. The number of pyridine rings is 1. The second-order valence-electron chi connectivity index (χ2n) is 14.4. The van der Waals surface area contributed by atoms with Gasteiger partial charge in [0.25, 0.3) is 0 Å². The van der Waals surface area contributed by atoms with Crippen LogP contribution in [0, 0.1) is 5.82 Å². The fourth-order valence-electron chi connectivity index (χ4n) is 8.75. The van der Waals surface area contributed by atoms with Crippen LogP contribution in [0.5, 0.6) is 0 Å². The normalized spacial score (nSPS) is 11.6. The number of benzene rings is 8.